The molecule has 0 unspecified atom stereocenters. The highest BCUT2D eigenvalue weighted by atomic mass is 32.2. The van der Waals surface area contributed by atoms with E-state index in [4.69, 9.17) is 4.42 Å². The first kappa shape index (κ1) is 17.0. The van der Waals surface area contributed by atoms with Crippen LogP contribution in [0.3, 0.4) is 0 Å². The molecule has 4 rings (SSSR count). The number of carbonyl (C=O) groups excluding carboxylic acids is 1. The molecule has 0 radical (unpaired) electrons. The highest BCUT2D eigenvalue weighted by Gasteiger charge is 2.21. The summed E-state index contributed by atoms with van der Waals surface area (Å²) in [6.45, 7) is 0.487. The Labute approximate surface area is 156 Å². The molecule has 3 aromatic rings. The summed E-state index contributed by atoms with van der Waals surface area (Å²) in [6.07, 6.45) is 12.0. The van der Waals surface area contributed by atoms with Crippen LogP contribution in [0, 0.1) is 0 Å². The molecular formula is C20H21N3O2S. The van der Waals surface area contributed by atoms with Crippen LogP contribution in [0.5, 0.6) is 0 Å². The minimum atomic E-state index is 0.0900. The Hall–Kier alpha value is -2.47. The molecule has 6 heteroatoms. The van der Waals surface area contributed by atoms with Gasteiger partial charge >= 0.3 is 0 Å². The number of pyridine rings is 1. The number of nitrogens with zero attached hydrogens (tertiary/aromatic N) is 3. The number of thioether (sulfide) groups is 1. The molecule has 1 amide bonds. The fourth-order valence-corrected chi connectivity index (χ4v) is 4.05. The fraction of sp³-hybridized carbons (Fsp3) is 0.300. The highest BCUT2D eigenvalue weighted by Crippen LogP contribution is 2.25. The summed E-state index contributed by atoms with van der Waals surface area (Å²) >= 11 is 1.47. The van der Waals surface area contributed by atoms with Gasteiger partial charge in [0, 0.05) is 11.9 Å². The number of hydrogen-bond acceptors (Lipinski definition) is 4. The number of rotatable bonds is 6. The van der Waals surface area contributed by atoms with Crippen molar-refractivity contribution in [2.45, 2.75) is 37.4 Å². The second-order valence-corrected chi connectivity index (χ2v) is 7.27. The highest BCUT2D eigenvalue weighted by molar-refractivity contribution is 7.99. The van der Waals surface area contributed by atoms with Crippen molar-refractivity contribution in [3.05, 3.63) is 66.5 Å². The summed E-state index contributed by atoms with van der Waals surface area (Å²) < 4.78 is 7.48. The van der Waals surface area contributed by atoms with Crippen LogP contribution in [0.25, 0.3) is 5.52 Å². The first-order chi connectivity index (χ1) is 12.8. The first-order valence-electron chi connectivity index (χ1n) is 8.88. The molecule has 0 saturated carbocycles. The van der Waals surface area contributed by atoms with Crippen LogP contribution in [0.2, 0.25) is 0 Å². The molecule has 0 atom stereocenters. The van der Waals surface area contributed by atoms with Gasteiger partial charge in [-0.1, -0.05) is 23.9 Å². The molecule has 0 spiro atoms. The second-order valence-electron chi connectivity index (χ2n) is 6.33. The molecule has 3 heterocycles. The molecule has 0 aromatic carbocycles. The molecule has 26 heavy (non-hydrogen) atoms. The SMILES string of the molecule is O=C(CSc1ncc2ccccn12)N(Cc1ccco1)C1=CCCCC1. The van der Waals surface area contributed by atoms with E-state index in [-0.39, 0.29) is 5.91 Å². The third-order valence-electron chi connectivity index (χ3n) is 4.54. The monoisotopic (exact) mass is 367 g/mol. The van der Waals surface area contributed by atoms with Crippen molar-refractivity contribution in [1.29, 1.82) is 0 Å². The Bertz CT molecular complexity index is 914. The van der Waals surface area contributed by atoms with E-state index in [1.54, 1.807) is 6.26 Å². The normalized spacial score (nSPS) is 14.4. The average molecular weight is 367 g/mol. The number of allylic oxidation sites excluding steroid dienone is 2. The van der Waals surface area contributed by atoms with Crippen molar-refractivity contribution in [3.63, 3.8) is 0 Å². The number of aromatic nitrogens is 2. The van der Waals surface area contributed by atoms with E-state index in [0.29, 0.717) is 12.3 Å². The molecule has 3 aromatic heterocycles. The molecule has 5 nitrogen and oxygen atoms in total. The lowest BCUT2D eigenvalue weighted by molar-refractivity contribution is -0.127. The van der Waals surface area contributed by atoms with Gasteiger partial charge < -0.3 is 9.32 Å². The molecule has 0 aliphatic heterocycles. The molecular weight excluding hydrogens is 346 g/mol. The Morgan fingerprint density at radius 2 is 2.23 bits per heavy atom. The zero-order valence-corrected chi connectivity index (χ0v) is 15.3. The van der Waals surface area contributed by atoms with E-state index in [0.717, 1.165) is 41.4 Å². The topological polar surface area (TPSA) is 50.8 Å². The van der Waals surface area contributed by atoms with Crippen molar-refractivity contribution in [1.82, 2.24) is 14.3 Å². The molecule has 0 fully saturated rings. The maximum atomic E-state index is 13.0. The van der Waals surface area contributed by atoms with Crippen LogP contribution in [-0.2, 0) is 11.3 Å². The molecule has 1 aliphatic rings. The van der Waals surface area contributed by atoms with Crippen LogP contribution >= 0.6 is 11.8 Å². The van der Waals surface area contributed by atoms with Gasteiger partial charge in [-0.05, 0) is 49.9 Å². The smallest absolute Gasteiger partial charge is 0.237 e. The summed E-state index contributed by atoms with van der Waals surface area (Å²) in [5, 5.41) is 0.838. The van der Waals surface area contributed by atoms with Crippen molar-refractivity contribution >= 4 is 23.2 Å². The van der Waals surface area contributed by atoms with Crippen molar-refractivity contribution in [2.24, 2.45) is 0 Å². The summed E-state index contributed by atoms with van der Waals surface area (Å²) in [5.74, 6) is 1.25. The van der Waals surface area contributed by atoms with Gasteiger partial charge in [0.05, 0.1) is 30.3 Å². The maximum absolute atomic E-state index is 13.0. The Morgan fingerprint density at radius 1 is 1.27 bits per heavy atom. The van der Waals surface area contributed by atoms with Crippen LogP contribution in [0.15, 0.2) is 70.3 Å². The molecule has 0 N–H and O–H groups in total. The molecule has 1 aliphatic carbocycles. The number of hydrogen-bond donors (Lipinski definition) is 0. The lowest BCUT2D eigenvalue weighted by Crippen LogP contribution is -2.32. The molecule has 0 saturated heterocycles. The van der Waals surface area contributed by atoms with Gasteiger partial charge in [0.15, 0.2) is 5.16 Å². The summed E-state index contributed by atoms with van der Waals surface area (Å²) in [7, 11) is 0. The summed E-state index contributed by atoms with van der Waals surface area (Å²) in [6, 6.07) is 9.74. The number of amides is 1. The predicted molar refractivity (Wildman–Crippen MR) is 102 cm³/mol. The van der Waals surface area contributed by atoms with Gasteiger partial charge in [-0.2, -0.15) is 0 Å². The largest absolute Gasteiger partial charge is 0.467 e. The minimum Gasteiger partial charge on any atom is -0.467 e. The lowest BCUT2D eigenvalue weighted by Gasteiger charge is -2.27. The standard InChI is InChI=1S/C20H21N3O2S/c24-19(15-26-20-21-13-17-9-4-5-11-22(17)20)23(14-18-10-6-12-25-18)16-7-2-1-3-8-16/h4-7,9-13H,1-3,8,14-15H2. The van der Waals surface area contributed by atoms with E-state index >= 15 is 0 Å². The summed E-state index contributed by atoms with van der Waals surface area (Å²) in [5.41, 5.74) is 2.15. The van der Waals surface area contributed by atoms with Gasteiger partial charge in [-0.15, -0.1) is 0 Å². The number of carbonyl (C=O) groups is 1. The number of furan rings is 1. The van der Waals surface area contributed by atoms with Gasteiger partial charge in [0.1, 0.15) is 5.76 Å². The average Bonchev–Trinajstić information content (AvgIpc) is 3.35. The maximum Gasteiger partial charge on any atom is 0.237 e. The zero-order chi connectivity index (χ0) is 17.8. The number of imidazole rings is 1. The third kappa shape index (κ3) is 3.70. The van der Waals surface area contributed by atoms with Crippen LogP contribution in [0.1, 0.15) is 31.4 Å². The molecule has 134 valence electrons. The van der Waals surface area contributed by atoms with Crippen molar-refractivity contribution in [3.8, 4) is 0 Å². The predicted octanol–water partition coefficient (Wildman–Crippen LogP) is 4.51. The quantitative estimate of drug-likeness (QED) is 0.602. The summed E-state index contributed by atoms with van der Waals surface area (Å²) in [4.78, 5) is 19.3. The van der Waals surface area contributed by atoms with Crippen LogP contribution in [-0.4, -0.2) is 25.9 Å². The van der Waals surface area contributed by atoms with E-state index < -0.39 is 0 Å². The van der Waals surface area contributed by atoms with Crippen molar-refractivity contribution < 1.29 is 9.21 Å². The van der Waals surface area contributed by atoms with E-state index in [1.807, 2.05) is 52.0 Å². The van der Waals surface area contributed by atoms with Gasteiger partial charge in [0.25, 0.3) is 0 Å². The van der Waals surface area contributed by atoms with E-state index in [2.05, 4.69) is 11.1 Å². The lowest BCUT2D eigenvalue weighted by atomic mass is 10.0. The Morgan fingerprint density at radius 3 is 3.04 bits per heavy atom. The Balaban J connectivity index is 1.49. The van der Waals surface area contributed by atoms with Gasteiger partial charge in [-0.3, -0.25) is 9.20 Å². The van der Waals surface area contributed by atoms with E-state index in [9.17, 15) is 4.79 Å². The number of fused-ring (bicyclic) bond motifs is 1. The van der Waals surface area contributed by atoms with Crippen molar-refractivity contribution in [2.75, 3.05) is 5.75 Å². The third-order valence-corrected chi connectivity index (χ3v) is 5.49. The van der Waals surface area contributed by atoms with Crippen LogP contribution in [0.4, 0.5) is 0 Å². The molecule has 0 bridgehead atoms. The van der Waals surface area contributed by atoms with Crippen LogP contribution < -0.4 is 0 Å². The van der Waals surface area contributed by atoms with Gasteiger partial charge in [0.2, 0.25) is 5.91 Å². The first-order valence-corrected chi connectivity index (χ1v) is 9.86. The minimum absolute atomic E-state index is 0.0900. The van der Waals surface area contributed by atoms with Gasteiger partial charge in [-0.25, -0.2) is 4.98 Å². The van der Waals surface area contributed by atoms with E-state index in [1.165, 1.54) is 18.2 Å². The fourth-order valence-electron chi connectivity index (χ4n) is 3.20. The zero-order valence-electron chi connectivity index (χ0n) is 14.5. The Kier molecular flexibility index (Phi) is 5.11. The second kappa shape index (κ2) is 7.83.